The van der Waals surface area contributed by atoms with Gasteiger partial charge in [-0.15, -0.1) is 0 Å². The van der Waals surface area contributed by atoms with Crippen LogP contribution in [0.15, 0.2) is 42.7 Å². The number of benzene rings is 1. The predicted molar refractivity (Wildman–Crippen MR) is 54.2 cm³/mol. The monoisotopic (exact) mass is 180 g/mol. The van der Waals surface area contributed by atoms with Crippen LogP contribution in [-0.2, 0) is 11.3 Å². The van der Waals surface area contributed by atoms with Gasteiger partial charge in [0.1, 0.15) is 6.61 Å². The summed E-state index contributed by atoms with van der Waals surface area (Å²) in [5, 5.41) is 0. The average Bonchev–Trinajstić information content (AvgIpc) is 2.14. The van der Waals surface area contributed by atoms with E-state index in [0.717, 1.165) is 5.75 Å². The standard InChI is InChI=1S/C10H12OS/c12-8-4-7-11-9-10-5-2-1-3-6-10/h1-7,12H,8-9H2/b7-4-. The molecular weight excluding hydrogens is 168 g/mol. The van der Waals surface area contributed by atoms with E-state index < -0.39 is 0 Å². The van der Waals surface area contributed by atoms with Crippen molar-refractivity contribution in [2.45, 2.75) is 6.61 Å². The van der Waals surface area contributed by atoms with Crippen molar-refractivity contribution in [3.8, 4) is 0 Å². The minimum Gasteiger partial charge on any atom is -0.497 e. The lowest BCUT2D eigenvalue weighted by Crippen LogP contribution is -1.84. The molecule has 0 saturated heterocycles. The fourth-order valence-electron chi connectivity index (χ4n) is 0.830. The van der Waals surface area contributed by atoms with E-state index in [1.807, 2.05) is 36.4 Å². The summed E-state index contributed by atoms with van der Waals surface area (Å²) in [6.07, 6.45) is 3.55. The third-order valence-electron chi connectivity index (χ3n) is 1.39. The van der Waals surface area contributed by atoms with Gasteiger partial charge in [-0.05, 0) is 11.6 Å². The molecule has 0 N–H and O–H groups in total. The fourth-order valence-corrected chi connectivity index (χ4v) is 0.916. The Morgan fingerprint density at radius 2 is 2.00 bits per heavy atom. The van der Waals surface area contributed by atoms with E-state index in [-0.39, 0.29) is 0 Å². The fraction of sp³-hybridized carbons (Fsp3) is 0.200. The van der Waals surface area contributed by atoms with Crippen LogP contribution in [-0.4, -0.2) is 5.75 Å². The lowest BCUT2D eigenvalue weighted by atomic mass is 10.2. The van der Waals surface area contributed by atoms with Crippen molar-refractivity contribution < 1.29 is 4.74 Å². The van der Waals surface area contributed by atoms with E-state index >= 15 is 0 Å². The highest BCUT2D eigenvalue weighted by atomic mass is 32.1. The molecule has 64 valence electrons. The van der Waals surface area contributed by atoms with Gasteiger partial charge in [-0.1, -0.05) is 30.3 Å². The number of thiol groups is 1. The molecule has 0 saturated carbocycles. The predicted octanol–water partition coefficient (Wildman–Crippen LogP) is 2.65. The van der Waals surface area contributed by atoms with Crippen LogP contribution >= 0.6 is 12.6 Å². The largest absolute Gasteiger partial charge is 0.497 e. The van der Waals surface area contributed by atoms with Gasteiger partial charge in [0.25, 0.3) is 0 Å². The minimum absolute atomic E-state index is 0.630. The van der Waals surface area contributed by atoms with Crippen LogP contribution in [0.2, 0.25) is 0 Å². The van der Waals surface area contributed by atoms with Crippen LogP contribution in [0.25, 0.3) is 0 Å². The molecule has 1 aromatic rings. The van der Waals surface area contributed by atoms with E-state index in [4.69, 9.17) is 4.74 Å². The number of ether oxygens (including phenoxy) is 1. The molecule has 0 aromatic heterocycles. The van der Waals surface area contributed by atoms with Crippen LogP contribution in [0.4, 0.5) is 0 Å². The third kappa shape index (κ3) is 3.49. The summed E-state index contributed by atoms with van der Waals surface area (Å²) in [5.74, 6) is 0.717. The molecule has 0 aliphatic rings. The molecule has 0 heterocycles. The van der Waals surface area contributed by atoms with Crippen LogP contribution in [0.3, 0.4) is 0 Å². The molecule has 2 heteroatoms. The smallest absolute Gasteiger partial charge is 0.112 e. The van der Waals surface area contributed by atoms with Gasteiger partial charge >= 0.3 is 0 Å². The first-order valence-corrected chi connectivity index (χ1v) is 4.48. The van der Waals surface area contributed by atoms with Crippen LogP contribution in [0.1, 0.15) is 5.56 Å². The van der Waals surface area contributed by atoms with Crippen LogP contribution in [0.5, 0.6) is 0 Å². The van der Waals surface area contributed by atoms with E-state index in [0.29, 0.717) is 6.61 Å². The van der Waals surface area contributed by atoms with Crippen LogP contribution < -0.4 is 0 Å². The summed E-state index contributed by atoms with van der Waals surface area (Å²) in [7, 11) is 0. The molecule has 1 rings (SSSR count). The Labute approximate surface area is 78.5 Å². The van der Waals surface area contributed by atoms with Crippen molar-refractivity contribution in [3.63, 3.8) is 0 Å². The van der Waals surface area contributed by atoms with Gasteiger partial charge < -0.3 is 4.74 Å². The van der Waals surface area contributed by atoms with Gasteiger partial charge in [0.15, 0.2) is 0 Å². The molecule has 1 aromatic carbocycles. The second-order valence-electron chi connectivity index (χ2n) is 2.35. The average molecular weight is 180 g/mol. The molecular formula is C10H12OS. The van der Waals surface area contributed by atoms with Crippen molar-refractivity contribution in [2.24, 2.45) is 0 Å². The summed E-state index contributed by atoms with van der Waals surface area (Å²) in [4.78, 5) is 0. The molecule has 0 aliphatic heterocycles. The van der Waals surface area contributed by atoms with Crippen LogP contribution in [0, 0.1) is 0 Å². The van der Waals surface area contributed by atoms with Crippen molar-refractivity contribution in [3.05, 3.63) is 48.2 Å². The minimum atomic E-state index is 0.630. The van der Waals surface area contributed by atoms with Gasteiger partial charge in [-0.3, -0.25) is 0 Å². The Kier molecular flexibility index (Phi) is 4.39. The highest BCUT2D eigenvalue weighted by Crippen LogP contribution is 2.00. The first kappa shape index (κ1) is 9.20. The maximum absolute atomic E-state index is 5.23. The molecule has 0 aliphatic carbocycles. The second kappa shape index (κ2) is 5.72. The molecule has 0 spiro atoms. The molecule has 1 nitrogen and oxygen atoms in total. The second-order valence-corrected chi connectivity index (χ2v) is 2.72. The highest BCUT2D eigenvalue weighted by molar-refractivity contribution is 7.80. The number of hydrogen-bond donors (Lipinski definition) is 1. The van der Waals surface area contributed by atoms with Crippen molar-refractivity contribution in [2.75, 3.05) is 5.75 Å². The van der Waals surface area contributed by atoms with Crippen molar-refractivity contribution in [1.82, 2.24) is 0 Å². The summed E-state index contributed by atoms with van der Waals surface area (Å²) in [6.45, 7) is 0.630. The summed E-state index contributed by atoms with van der Waals surface area (Å²) < 4.78 is 5.23. The van der Waals surface area contributed by atoms with Gasteiger partial charge in [-0.25, -0.2) is 0 Å². The van der Waals surface area contributed by atoms with E-state index in [2.05, 4.69) is 12.6 Å². The zero-order chi connectivity index (χ0) is 8.65. The van der Waals surface area contributed by atoms with Gasteiger partial charge in [0, 0.05) is 5.75 Å². The lowest BCUT2D eigenvalue weighted by molar-refractivity contribution is 0.236. The summed E-state index contributed by atoms with van der Waals surface area (Å²) >= 11 is 4.01. The number of hydrogen-bond acceptors (Lipinski definition) is 2. The zero-order valence-corrected chi connectivity index (χ0v) is 7.71. The van der Waals surface area contributed by atoms with E-state index in [1.54, 1.807) is 6.26 Å². The normalized spacial score (nSPS) is 10.4. The Hall–Kier alpha value is -0.890. The molecule has 0 amide bonds. The van der Waals surface area contributed by atoms with Gasteiger partial charge in [-0.2, -0.15) is 12.6 Å². The van der Waals surface area contributed by atoms with E-state index in [9.17, 15) is 0 Å². The Bertz CT molecular complexity index is 231. The Balaban J connectivity index is 2.29. The lowest BCUT2D eigenvalue weighted by Gasteiger charge is -1.99. The summed E-state index contributed by atoms with van der Waals surface area (Å²) in [5.41, 5.74) is 1.18. The number of rotatable bonds is 4. The molecule has 0 fully saturated rings. The molecule has 0 atom stereocenters. The van der Waals surface area contributed by atoms with Gasteiger partial charge in [0.05, 0.1) is 6.26 Å². The Morgan fingerprint density at radius 1 is 1.25 bits per heavy atom. The van der Waals surface area contributed by atoms with Gasteiger partial charge in [0.2, 0.25) is 0 Å². The first-order chi connectivity index (χ1) is 5.93. The molecule has 0 unspecified atom stereocenters. The van der Waals surface area contributed by atoms with E-state index in [1.165, 1.54) is 5.56 Å². The third-order valence-corrected chi connectivity index (χ3v) is 1.60. The van der Waals surface area contributed by atoms with Crippen molar-refractivity contribution in [1.29, 1.82) is 0 Å². The topological polar surface area (TPSA) is 9.23 Å². The SMILES string of the molecule is SC/C=C\OCc1ccccc1. The first-order valence-electron chi connectivity index (χ1n) is 3.85. The molecule has 0 radical (unpaired) electrons. The zero-order valence-electron chi connectivity index (χ0n) is 6.81. The molecule has 12 heavy (non-hydrogen) atoms. The Morgan fingerprint density at radius 3 is 2.67 bits per heavy atom. The molecule has 0 bridgehead atoms. The highest BCUT2D eigenvalue weighted by Gasteiger charge is 1.86. The van der Waals surface area contributed by atoms with Crippen molar-refractivity contribution >= 4 is 12.6 Å². The quantitative estimate of drug-likeness (QED) is 0.553. The maximum atomic E-state index is 5.23. The summed E-state index contributed by atoms with van der Waals surface area (Å²) in [6, 6.07) is 10.1. The maximum Gasteiger partial charge on any atom is 0.112 e.